The van der Waals surface area contributed by atoms with Crippen molar-refractivity contribution in [2.24, 2.45) is 5.10 Å². The molecule has 0 fully saturated rings. The van der Waals surface area contributed by atoms with E-state index in [9.17, 15) is 9.59 Å². The van der Waals surface area contributed by atoms with Gasteiger partial charge in [0.25, 0.3) is 11.8 Å². The van der Waals surface area contributed by atoms with Crippen LogP contribution in [0.4, 0.5) is 16.5 Å². The van der Waals surface area contributed by atoms with Crippen LogP contribution in [0.1, 0.15) is 21.5 Å². The highest BCUT2D eigenvalue weighted by atomic mass is 79.9. The second-order valence-electron chi connectivity index (χ2n) is 9.66. The number of carbonyl (C=O) groups is 2. The van der Waals surface area contributed by atoms with E-state index in [0.717, 1.165) is 22.1 Å². The van der Waals surface area contributed by atoms with Crippen LogP contribution in [0.3, 0.4) is 0 Å². The number of amides is 2. The van der Waals surface area contributed by atoms with Crippen LogP contribution < -0.4 is 25.5 Å². The SMILES string of the molecule is COc1cc(/C=N/NC(=O)c2ccc(-c3csc(Nc4ccc(C)cc4)n3)cc2)cc(Br)c1OCC(=O)Nc1ccccc1Cl. The Morgan fingerprint density at radius 3 is 2.53 bits per heavy atom. The standard InChI is InChI=1S/C33H27BrClN5O4S/c1-20-7-13-24(14-8-20)37-33-39-28(19-45-33)22-9-11-23(12-10-22)32(42)40-36-17-21-15-25(34)31(29(16-21)43-2)44-18-30(41)38-27-6-4-3-5-26(27)35/h3-17,19H,18H2,1-2H3,(H,37,39)(H,38,41)(H,40,42)/b36-17+. The maximum absolute atomic E-state index is 12.7. The van der Waals surface area contributed by atoms with Gasteiger partial charge in [-0.25, -0.2) is 10.4 Å². The Hall–Kier alpha value is -4.71. The van der Waals surface area contributed by atoms with Gasteiger partial charge in [-0.2, -0.15) is 5.10 Å². The van der Waals surface area contributed by atoms with E-state index in [1.165, 1.54) is 30.2 Å². The molecule has 5 aromatic rings. The predicted molar refractivity (Wildman–Crippen MR) is 183 cm³/mol. The number of nitrogens with one attached hydrogen (secondary N) is 3. The molecular weight excluding hydrogens is 678 g/mol. The minimum absolute atomic E-state index is 0.267. The van der Waals surface area contributed by atoms with Gasteiger partial charge in [-0.3, -0.25) is 9.59 Å². The molecule has 0 atom stereocenters. The van der Waals surface area contributed by atoms with Crippen LogP contribution in [0.15, 0.2) is 99.9 Å². The van der Waals surface area contributed by atoms with Crippen molar-refractivity contribution in [2.75, 3.05) is 24.4 Å². The number of hydrogen-bond donors (Lipinski definition) is 3. The molecule has 0 saturated carbocycles. The number of hydrazone groups is 1. The first-order valence-corrected chi connectivity index (χ1v) is 15.6. The van der Waals surface area contributed by atoms with Gasteiger partial charge in [-0.05, 0) is 76.9 Å². The molecule has 1 heterocycles. The topological polar surface area (TPSA) is 114 Å². The highest BCUT2D eigenvalue weighted by Crippen LogP contribution is 2.36. The lowest BCUT2D eigenvalue weighted by Crippen LogP contribution is -2.20. The molecule has 3 N–H and O–H groups in total. The van der Waals surface area contributed by atoms with Gasteiger partial charge in [0, 0.05) is 22.2 Å². The largest absolute Gasteiger partial charge is 0.493 e. The molecule has 0 aliphatic rings. The van der Waals surface area contributed by atoms with Gasteiger partial charge in [0.1, 0.15) is 0 Å². The molecule has 0 saturated heterocycles. The summed E-state index contributed by atoms with van der Waals surface area (Å²) >= 11 is 11.1. The molecule has 9 nitrogen and oxygen atoms in total. The molecule has 0 radical (unpaired) electrons. The smallest absolute Gasteiger partial charge is 0.271 e. The normalized spacial score (nSPS) is 10.8. The van der Waals surface area contributed by atoms with Crippen LogP contribution in [-0.2, 0) is 4.79 Å². The van der Waals surface area contributed by atoms with E-state index < -0.39 is 0 Å². The van der Waals surface area contributed by atoms with Crippen LogP contribution in [0, 0.1) is 6.92 Å². The summed E-state index contributed by atoms with van der Waals surface area (Å²) in [5.74, 6) is -0.0398. The van der Waals surface area contributed by atoms with Crippen LogP contribution in [-0.4, -0.2) is 36.7 Å². The number of benzene rings is 4. The van der Waals surface area contributed by atoms with Crippen molar-refractivity contribution in [3.8, 4) is 22.8 Å². The Labute approximate surface area is 277 Å². The molecule has 0 spiro atoms. The molecule has 228 valence electrons. The van der Waals surface area contributed by atoms with Crippen LogP contribution in [0.2, 0.25) is 5.02 Å². The molecule has 0 aliphatic heterocycles. The molecule has 0 bridgehead atoms. The van der Waals surface area contributed by atoms with E-state index >= 15 is 0 Å². The van der Waals surface area contributed by atoms with Crippen molar-refractivity contribution >= 4 is 73.4 Å². The number of thiazole rings is 1. The zero-order valence-corrected chi connectivity index (χ0v) is 27.3. The summed E-state index contributed by atoms with van der Waals surface area (Å²) in [6.45, 7) is 1.78. The van der Waals surface area contributed by atoms with Crippen LogP contribution in [0.5, 0.6) is 11.5 Å². The van der Waals surface area contributed by atoms with Gasteiger partial charge in [0.05, 0.1) is 34.2 Å². The monoisotopic (exact) mass is 703 g/mol. The highest BCUT2D eigenvalue weighted by molar-refractivity contribution is 9.10. The van der Waals surface area contributed by atoms with Crippen molar-refractivity contribution in [3.63, 3.8) is 0 Å². The fraction of sp³-hybridized carbons (Fsp3) is 0.0909. The highest BCUT2D eigenvalue weighted by Gasteiger charge is 2.14. The maximum Gasteiger partial charge on any atom is 0.271 e. The number of methoxy groups -OCH3 is 1. The average Bonchev–Trinajstić information content (AvgIpc) is 3.51. The molecular formula is C33H27BrClN5O4S. The summed E-state index contributed by atoms with van der Waals surface area (Å²) in [5, 5.41) is 13.3. The number of halogens is 2. The molecule has 5 rings (SSSR count). The van der Waals surface area contributed by atoms with Crippen molar-refractivity contribution in [2.45, 2.75) is 6.92 Å². The second kappa shape index (κ2) is 14.8. The number of ether oxygens (including phenoxy) is 2. The maximum atomic E-state index is 12.7. The Bertz CT molecular complexity index is 1850. The molecule has 1 aromatic heterocycles. The summed E-state index contributed by atoms with van der Waals surface area (Å²) in [6.07, 6.45) is 1.48. The van der Waals surface area contributed by atoms with Crippen LogP contribution in [0.25, 0.3) is 11.3 Å². The van der Waals surface area contributed by atoms with E-state index in [0.29, 0.717) is 37.8 Å². The number of aryl methyl sites for hydroxylation is 1. The third kappa shape index (κ3) is 8.48. The third-order valence-corrected chi connectivity index (χ3v) is 8.05. The van der Waals surface area contributed by atoms with Crippen molar-refractivity contribution < 1.29 is 19.1 Å². The van der Waals surface area contributed by atoms with E-state index in [4.69, 9.17) is 21.1 Å². The molecule has 4 aromatic carbocycles. The number of hydrogen-bond acceptors (Lipinski definition) is 8. The Morgan fingerprint density at radius 1 is 1.04 bits per heavy atom. The van der Waals surface area contributed by atoms with E-state index in [1.807, 2.05) is 48.7 Å². The number of aromatic nitrogens is 1. The fourth-order valence-electron chi connectivity index (χ4n) is 4.09. The lowest BCUT2D eigenvalue weighted by Gasteiger charge is -2.14. The van der Waals surface area contributed by atoms with Crippen LogP contribution >= 0.6 is 38.9 Å². The van der Waals surface area contributed by atoms with Gasteiger partial charge in [0.2, 0.25) is 0 Å². The van der Waals surface area contributed by atoms with E-state index in [1.54, 1.807) is 48.5 Å². The molecule has 2 amide bonds. The summed E-state index contributed by atoms with van der Waals surface area (Å²) in [5.41, 5.74) is 7.97. The molecule has 0 aliphatic carbocycles. The average molecular weight is 705 g/mol. The molecule has 12 heteroatoms. The summed E-state index contributed by atoms with van der Waals surface area (Å²) in [6, 6.07) is 25.6. The zero-order chi connectivity index (χ0) is 31.8. The Kier molecular flexibility index (Phi) is 10.5. The second-order valence-corrected chi connectivity index (χ2v) is 11.8. The van der Waals surface area contributed by atoms with Gasteiger partial charge in [-0.15, -0.1) is 11.3 Å². The number of para-hydroxylation sites is 1. The fourth-order valence-corrected chi connectivity index (χ4v) is 5.58. The number of anilines is 3. The lowest BCUT2D eigenvalue weighted by atomic mass is 10.1. The van der Waals surface area contributed by atoms with Crippen molar-refractivity contribution in [1.82, 2.24) is 10.4 Å². The third-order valence-electron chi connectivity index (χ3n) is 6.38. The van der Waals surface area contributed by atoms with E-state index in [2.05, 4.69) is 42.1 Å². The zero-order valence-electron chi connectivity index (χ0n) is 24.1. The Balaban J connectivity index is 1.16. The lowest BCUT2D eigenvalue weighted by molar-refractivity contribution is -0.118. The number of carbonyl (C=O) groups excluding carboxylic acids is 2. The first-order valence-electron chi connectivity index (χ1n) is 13.6. The van der Waals surface area contributed by atoms with Gasteiger partial charge >= 0.3 is 0 Å². The van der Waals surface area contributed by atoms with Gasteiger partial charge in [0.15, 0.2) is 23.2 Å². The van der Waals surface area contributed by atoms with Crippen molar-refractivity contribution in [3.05, 3.63) is 116 Å². The van der Waals surface area contributed by atoms with E-state index in [-0.39, 0.29) is 18.4 Å². The number of rotatable bonds is 11. The minimum atomic E-state index is -0.384. The first-order chi connectivity index (χ1) is 21.8. The minimum Gasteiger partial charge on any atom is -0.493 e. The Morgan fingerprint density at radius 2 is 1.80 bits per heavy atom. The summed E-state index contributed by atoms with van der Waals surface area (Å²) < 4.78 is 11.7. The van der Waals surface area contributed by atoms with Gasteiger partial charge < -0.3 is 20.1 Å². The summed E-state index contributed by atoms with van der Waals surface area (Å²) in [7, 11) is 1.48. The van der Waals surface area contributed by atoms with Gasteiger partial charge in [-0.1, -0.05) is 53.6 Å². The summed E-state index contributed by atoms with van der Waals surface area (Å²) in [4.78, 5) is 29.8. The molecule has 45 heavy (non-hydrogen) atoms. The van der Waals surface area contributed by atoms with Crippen molar-refractivity contribution in [1.29, 1.82) is 0 Å². The first kappa shape index (κ1) is 31.7. The molecule has 0 unspecified atom stereocenters. The predicted octanol–water partition coefficient (Wildman–Crippen LogP) is 8.07. The quantitative estimate of drug-likeness (QED) is 0.0947. The number of nitrogens with zero attached hydrogens (tertiary/aromatic N) is 2.